The average Bonchev–Trinajstić information content (AvgIpc) is 3.79. The number of benzene rings is 8. The molecule has 0 saturated carbocycles. The van der Waals surface area contributed by atoms with Crippen LogP contribution in [0.5, 0.6) is 0 Å². The maximum absolute atomic E-state index is 9.95. The molecule has 232 valence electrons. The Hall–Kier alpha value is -6.65. The SMILES string of the molecule is [2H]c1c([2H])c([2H])c(N(c2ccc3ccc4ccc5nc(-c6ccccc6)oc5c4c3c2)c2c([2H])c([2H])c([2H])c(N(c3c([2H])c([2H])c([2H])c([2H])c3[2H])c3c([2H])c([2H])c([2H])c([2H])c3[2H])c2[2H])c([2H])c1[2H]. The number of oxazole rings is 1. The van der Waals surface area contributed by atoms with Gasteiger partial charge < -0.3 is 14.2 Å². The number of aromatic nitrogens is 1. The zero-order valence-corrected chi connectivity index (χ0v) is 25.2. The van der Waals surface area contributed by atoms with E-state index >= 15 is 0 Å². The molecule has 1 aromatic heterocycles. The first-order valence-electron chi connectivity index (χ1n) is 24.4. The van der Waals surface area contributed by atoms with Gasteiger partial charge in [-0.25, -0.2) is 4.98 Å². The lowest BCUT2D eigenvalue weighted by Gasteiger charge is -2.29. The van der Waals surface area contributed by atoms with E-state index in [2.05, 4.69) is 0 Å². The van der Waals surface area contributed by atoms with Gasteiger partial charge in [0.2, 0.25) is 5.89 Å². The molecule has 1 heterocycles. The fraction of sp³-hybridized carbons (Fsp3) is 0. The minimum atomic E-state index is -1.03. The van der Waals surface area contributed by atoms with E-state index in [-0.39, 0.29) is 5.69 Å². The molecule has 0 spiro atoms. The third kappa shape index (κ3) is 5.26. The normalized spacial score (nSPS) is 16.7. The zero-order chi connectivity index (χ0) is 49.1. The molecule has 0 bridgehead atoms. The number of fused-ring (bicyclic) bond motifs is 5. The van der Waals surface area contributed by atoms with Crippen molar-refractivity contribution < 1.29 is 30.5 Å². The lowest BCUT2D eigenvalue weighted by molar-refractivity contribution is 0.623. The van der Waals surface area contributed by atoms with Crippen LogP contribution in [0.4, 0.5) is 34.1 Å². The maximum Gasteiger partial charge on any atom is 0.227 e. The summed E-state index contributed by atoms with van der Waals surface area (Å²) >= 11 is 0. The molecule has 0 aliphatic heterocycles. The first-order chi connectivity index (χ1) is 32.2. The van der Waals surface area contributed by atoms with Crippen molar-refractivity contribution in [2.45, 2.75) is 0 Å². The predicted octanol–water partition coefficient (Wildman–Crippen LogP) is 12.7. The molecule has 0 fully saturated rings. The molecular formula is C45H31N3O. The van der Waals surface area contributed by atoms with Crippen molar-refractivity contribution in [3.63, 3.8) is 0 Å². The highest BCUT2D eigenvalue weighted by Gasteiger charge is 2.19. The molecule has 0 aliphatic carbocycles. The van der Waals surface area contributed by atoms with Crippen molar-refractivity contribution in [2.24, 2.45) is 0 Å². The fourth-order valence-corrected chi connectivity index (χ4v) is 5.67. The van der Waals surface area contributed by atoms with E-state index in [1.165, 1.54) is 6.07 Å². The standard InChI is InChI=1S/C45H31N3O/c1-5-14-34(15-6-1)45-46-42-29-27-33-25-24-32-26-28-40(31-41(32)43(33)44(42)49-45)48(37-20-11-4-12-21-37)39-23-13-22-38(30-39)47(35-16-7-2-8-17-35)36-18-9-3-10-19-36/h1-31H/i2D,3D,4D,7D,8D,9D,10D,11D,12D,13D,16D,17D,18D,19D,20D,21D,22D,23D,30D. The van der Waals surface area contributed by atoms with Crippen LogP contribution in [0, 0.1) is 0 Å². The molecule has 0 amide bonds. The smallest absolute Gasteiger partial charge is 0.227 e. The molecule has 0 saturated heterocycles. The number of para-hydroxylation sites is 3. The highest BCUT2D eigenvalue weighted by atomic mass is 16.3. The largest absolute Gasteiger partial charge is 0.435 e. The predicted molar refractivity (Wildman–Crippen MR) is 204 cm³/mol. The summed E-state index contributed by atoms with van der Waals surface area (Å²) in [7, 11) is 0. The number of anilines is 6. The lowest BCUT2D eigenvalue weighted by atomic mass is 10.00. The summed E-state index contributed by atoms with van der Waals surface area (Å²) in [5.74, 6) is 0.313. The van der Waals surface area contributed by atoms with Gasteiger partial charge in [0.25, 0.3) is 0 Å². The fourth-order valence-electron chi connectivity index (χ4n) is 5.67. The molecular weight excluding hydrogens is 599 g/mol. The zero-order valence-electron chi connectivity index (χ0n) is 44.2. The molecule has 4 heteroatoms. The van der Waals surface area contributed by atoms with Gasteiger partial charge in [0.05, 0.1) is 26.0 Å². The Morgan fingerprint density at radius 1 is 0.490 bits per heavy atom. The van der Waals surface area contributed by atoms with Crippen LogP contribution in [0.3, 0.4) is 0 Å². The summed E-state index contributed by atoms with van der Waals surface area (Å²) in [5.41, 5.74) is -2.60. The van der Waals surface area contributed by atoms with Gasteiger partial charge in [0, 0.05) is 45.1 Å². The van der Waals surface area contributed by atoms with Crippen LogP contribution in [-0.4, -0.2) is 4.98 Å². The molecule has 0 N–H and O–H groups in total. The molecule has 9 rings (SSSR count). The van der Waals surface area contributed by atoms with Gasteiger partial charge in [0.15, 0.2) is 5.58 Å². The molecule has 4 nitrogen and oxygen atoms in total. The molecule has 0 aliphatic rings. The minimum Gasteiger partial charge on any atom is -0.435 e. The average molecular weight is 649 g/mol. The Morgan fingerprint density at radius 3 is 1.65 bits per heavy atom. The van der Waals surface area contributed by atoms with Crippen LogP contribution in [0.25, 0.3) is 44.1 Å². The van der Waals surface area contributed by atoms with E-state index in [4.69, 9.17) is 30.0 Å². The van der Waals surface area contributed by atoms with Gasteiger partial charge in [-0.2, -0.15) is 0 Å². The van der Waals surface area contributed by atoms with Crippen LogP contribution in [0.15, 0.2) is 192 Å². The van der Waals surface area contributed by atoms with E-state index in [9.17, 15) is 5.48 Å². The molecule has 8 aromatic carbocycles. The van der Waals surface area contributed by atoms with Crippen molar-refractivity contribution in [3.8, 4) is 11.5 Å². The van der Waals surface area contributed by atoms with Gasteiger partial charge in [-0.15, -0.1) is 0 Å². The van der Waals surface area contributed by atoms with E-state index in [0.29, 0.717) is 49.0 Å². The van der Waals surface area contributed by atoms with Crippen LogP contribution >= 0.6 is 0 Å². The Bertz CT molecular complexity index is 3500. The quantitative estimate of drug-likeness (QED) is 0.161. The van der Waals surface area contributed by atoms with Crippen molar-refractivity contribution in [1.82, 2.24) is 4.98 Å². The van der Waals surface area contributed by atoms with Gasteiger partial charge in [-0.05, 0) is 101 Å². The second-order valence-corrected chi connectivity index (χ2v) is 10.7. The Morgan fingerprint density at radius 2 is 1.02 bits per heavy atom. The topological polar surface area (TPSA) is 32.5 Å². The second kappa shape index (κ2) is 12.2. The summed E-state index contributed by atoms with van der Waals surface area (Å²) in [6.07, 6.45) is 0. The number of hydrogen-bond donors (Lipinski definition) is 0. The van der Waals surface area contributed by atoms with Crippen molar-refractivity contribution in [2.75, 3.05) is 9.80 Å². The van der Waals surface area contributed by atoms with Crippen LogP contribution < -0.4 is 9.80 Å². The third-order valence-corrected chi connectivity index (χ3v) is 7.79. The van der Waals surface area contributed by atoms with E-state index in [1.807, 2.05) is 42.5 Å². The van der Waals surface area contributed by atoms with Gasteiger partial charge in [-0.1, -0.05) is 103 Å². The summed E-state index contributed by atoms with van der Waals surface area (Å²) < 4.78 is 175. The monoisotopic (exact) mass is 648 g/mol. The lowest BCUT2D eigenvalue weighted by Crippen LogP contribution is -2.13. The first kappa shape index (κ1) is 15.1. The number of nitrogens with zero attached hydrogens (tertiary/aromatic N) is 3. The van der Waals surface area contributed by atoms with Gasteiger partial charge in [0.1, 0.15) is 5.52 Å². The van der Waals surface area contributed by atoms with Crippen molar-refractivity contribution in [3.05, 3.63) is 188 Å². The van der Waals surface area contributed by atoms with E-state index in [0.717, 1.165) is 4.90 Å². The Balaban J connectivity index is 1.44. The first-order valence-corrected chi connectivity index (χ1v) is 14.9. The van der Waals surface area contributed by atoms with Crippen LogP contribution in [-0.2, 0) is 0 Å². The van der Waals surface area contributed by atoms with Gasteiger partial charge in [-0.3, -0.25) is 0 Å². The highest BCUT2D eigenvalue weighted by Crippen LogP contribution is 2.42. The van der Waals surface area contributed by atoms with Crippen molar-refractivity contribution >= 4 is 66.8 Å². The Labute approximate surface area is 311 Å². The molecule has 0 unspecified atom stereocenters. The molecule has 0 radical (unpaired) electrons. The Kier molecular flexibility index (Phi) is 3.74. The second-order valence-electron chi connectivity index (χ2n) is 10.7. The number of hydrogen-bond acceptors (Lipinski definition) is 4. The van der Waals surface area contributed by atoms with Crippen LogP contribution in [0.2, 0.25) is 0 Å². The summed E-state index contributed by atoms with van der Waals surface area (Å²) in [6, 6.07) is 3.45. The van der Waals surface area contributed by atoms with E-state index in [1.54, 1.807) is 24.3 Å². The third-order valence-electron chi connectivity index (χ3n) is 7.79. The van der Waals surface area contributed by atoms with Crippen LogP contribution in [0.1, 0.15) is 26.0 Å². The van der Waals surface area contributed by atoms with Gasteiger partial charge >= 0.3 is 0 Å². The van der Waals surface area contributed by atoms with E-state index < -0.39 is 143 Å². The summed E-state index contributed by atoms with van der Waals surface area (Å²) in [6.45, 7) is 0. The summed E-state index contributed by atoms with van der Waals surface area (Å²) in [4.78, 5) is 6.18. The van der Waals surface area contributed by atoms with Crippen molar-refractivity contribution in [1.29, 1.82) is 0 Å². The minimum absolute atomic E-state index is 0.0643. The molecule has 0 atom stereocenters. The highest BCUT2D eigenvalue weighted by molar-refractivity contribution is 6.18. The summed E-state index contributed by atoms with van der Waals surface area (Å²) in [5, 5.41) is 2.28. The maximum atomic E-state index is 9.95. The molecule has 49 heavy (non-hydrogen) atoms. The number of rotatable bonds is 7. The molecule has 9 aromatic rings.